The first kappa shape index (κ1) is 10.9. The normalized spacial score (nSPS) is 9.65. The first-order valence-electron chi connectivity index (χ1n) is 4.95. The Morgan fingerprint density at radius 3 is 2.59 bits per heavy atom. The number of pyridine rings is 1. The number of aromatic nitrogens is 1. The van der Waals surface area contributed by atoms with Gasteiger partial charge in [-0.2, -0.15) is 0 Å². The summed E-state index contributed by atoms with van der Waals surface area (Å²) in [5, 5.41) is 5.64. The molecule has 0 aliphatic heterocycles. The molecule has 0 fully saturated rings. The summed E-state index contributed by atoms with van der Waals surface area (Å²) in [7, 11) is 0. The van der Waals surface area contributed by atoms with Gasteiger partial charge in [-0.1, -0.05) is 6.07 Å². The van der Waals surface area contributed by atoms with Crippen LogP contribution in [0.1, 0.15) is 0 Å². The van der Waals surface area contributed by atoms with Gasteiger partial charge < -0.3 is 5.32 Å². The molecule has 1 N–H and O–H groups in total. The molecule has 0 radical (unpaired) electrons. The quantitative estimate of drug-likeness (QED) is 0.818. The van der Waals surface area contributed by atoms with Crippen molar-refractivity contribution < 1.29 is 0 Å². The maximum absolute atomic E-state index is 11.7. The summed E-state index contributed by atoms with van der Waals surface area (Å²) < 4.78 is 0. The van der Waals surface area contributed by atoms with E-state index in [4.69, 9.17) is 0 Å². The molecule has 0 bridgehead atoms. The van der Waals surface area contributed by atoms with Gasteiger partial charge in [0.2, 0.25) is 5.43 Å². The number of nitroso groups, excluding NO2 is 1. The maximum atomic E-state index is 11.7. The van der Waals surface area contributed by atoms with Crippen LogP contribution in [0.15, 0.2) is 58.6 Å². The van der Waals surface area contributed by atoms with E-state index in [-0.39, 0.29) is 11.1 Å². The van der Waals surface area contributed by atoms with Crippen LogP contribution in [0.5, 0.6) is 0 Å². The second-order valence-electron chi connectivity index (χ2n) is 3.30. The Bertz CT molecular complexity index is 585. The van der Waals surface area contributed by atoms with E-state index in [1.807, 2.05) is 0 Å². The Morgan fingerprint density at radius 1 is 1.06 bits per heavy atom. The molecule has 1 aromatic carbocycles. The van der Waals surface area contributed by atoms with Crippen LogP contribution >= 0.6 is 0 Å². The smallest absolute Gasteiger partial charge is 0.202 e. The number of nitrogens with one attached hydrogen (secondary N) is 1. The lowest BCUT2D eigenvalue weighted by Gasteiger charge is -2.01. The monoisotopic (exact) mass is 227 g/mol. The zero-order valence-electron chi connectivity index (χ0n) is 8.83. The van der Waals surface area contributed by atoms with E-state index in [1.54, 1.807) is 24.4 Å². The Hall–Kier alpha value is -2.56. The van der Waals surface area contributed by atoms with E-state index in [0.29, 0.717) is 11.5 Å². The highest BCUT2D eigenvalue weighted by molar-refractivity contribution is 5.56. The predicted octanol–water partition coefficient (Wildman–Crippen LogP) is 2.58. The molecule has 0 aliphatic rings. The first-order valence-corrected chi connectivity index (χ1v) is 4.95. The van der Waals surface area contributed by atoms with E-state index >= 15 is 0 Å². The number of hydrogen-bond acceptors (Lipinski definition) is 5. The molecule has 1 heterocycles. The molecule has 0 unspecified atom stereocenters. The molecule has 2 aromatic rings. The van der Waals surface area contributed by atoms with E-state index in [1.165, 1.54) is 24.3 Å². The van der Waals surface area contributed by atoms with E-state index in [0.717, 1.165) is 0 Å². The fraction of sp³-hybridized carbons (Fsp3) is 0. The van der Waals surface area contributed by atoms with E-state index in [2.05, 4.69) is 15.5 Å². The lowest BCUT2D eigenvalue weighted by Crippen LogP contribution is -2.04. The molecular formula is C12H9N3O2. The van der Waals surface area contributed by atoms with Crippen molar-refractivity contribution in [3.63, 3.8) is 0 Å². The summed E-state index contributed by atoms with van der Waals surface area (Å²) in [4.78, 5) is 26.0. The van der Waals surface area contributed by atoms with Crippen molar-refractivity contribution in [3.05, 3.63) is 63.8 Å². The van der Waals surface area contributed by atoms with E-state index in [9.17, 15) is 9.70 Å². The topological polar surface area (TPSA) is 71.4 Å². The van der Waals surface area contributed by atoms with Gasteiger partial charge >= 0.3 is 0 Å². The number of rotatable bonds is 3. The average Bonchev–Trinajstić information content (AvgIpc) is 2.54. The van der Waals surface area contributed by atoms with Gasteiger partial charge in [-0.05, 0) is 41.6 Å². The van der Waals surface area contributed by atoms with E-state index < -0.39 is 0 Å². The summed E-state index contributed by atoms with van der Waals surface area (Å²) in [6, 6.07) is 11.0. The van der Waals surface area contributed by atoms with Gasteiger partial charge in [-0.15, -0.1) is 4.91 Å². The van der Waals surface area contributed by atoms with Crippen molar-refractivity contribution in [3.8, 4) is 0 Å². The summed E-state index contributed by atoms with van der Waals surface area (Å²) in [5.41, 5.74) is 0.320. The van der Waals surface area contributed by atoms with Gasteiger partial charge in [0, 0.05) is 6.20 Å². The predicted molar refractivity (Wildman–Crippen MR) is 65.7 cm³/mol. The zero-order chi connectivity index (χ0) is 12.1. The van der Waals surface area contributed by atoms with Crippen LogP contribution < -0.4 is 10.7 Å². The number of anilines is 2. The minimum atomic E-state index is -0.231. The second-order valence-corrected chi connectivity index (χ2v) is 3.30. The van der Waals surface area contributed by atoms with Gasteiger partial charge in [0.05, 0.1) is 5.69 Å². The van der Waals surface area contributed by atoms with Gasteiger partial charge in [0.1, 0.15) is 11.5 Å². The fourth-order valence-corrected chi connectivity index (χ4v) is 1.30. The molecule has 0 saturated heterocycles. The maximum Gasteiger partial charge on any atom is 0.202 e. The highest BCUT2D eigenvalue weighted by atomic mass is 16.3. The molecule has 5 heteroatoms. The largest absolute Gasteiger partial charge is 0.337 e. The molecular weight excluding hydrogens is 218 g/mol. The molecule has 5 nitrogen and oxygen atoms in total. The minimum Gasteiger partial charge on any atom is -0.337 e. The molecule has 84 valence electrons. The van der Waals surface area contributed by atoms with Crippen LogP contribution in [0, 0.1) is 4.91 Å². The molecule has 0 spiro atoms. The average molecular weight is 227 g/mol. The van der Waals surface area contributed by atoms with Crippen LogP contribution in [-0.4, -0.2) is 4.98 Å². The van der Waals surface area contributed by atoms with Crippen molar-refractivity contribution in [1.82, 2.24) is 4.98 Å². The Labute approximate surface area is 97.1 Å². The Kier molecular flexibility index (Phi) is 3.20. The number of nitrogens with zero attached hydrogens (tertiary/aromatic N) is 2. The van der Waals surface area contributed by atoms with Crippen LogP contribution in [0.4, 0.5) is 17.2 Å². The van der Waals surface area contributed by atoms with Crippen LogP contribution in [0.2, 0.25) is 0 Å². The lowest BCUT2D eigenvalue weighted by atomic mass is 10.4. The molecule has 0 amide bonds. The van der Waals surface area contributed by atoms with Crippen molar-refractivity contribution in [2.24, 2.45) is 5.18 Å². The van der Waals surface area contributed by atoms with Crippen molar-refractivity contribution in [1.29, 1.82) is 0 Å². The minimum absolute atomic E-state index is 0.205. The lowest BCUT2D eigenvalue weighted by molar-refractivity contribution is 1.31. The third-order valence-corrected chi connectivity index (χ3v) is 2.12. The third kappa shape index (κ3) is 2.72. The number of hydrogen-bond donors (Lipinski definition) is 1. The second kappa shape index (κ2) is 4.98. The molecule has 0 aliphatic carbocycles. The van der Waals surface area contributed by atoms with Gasteiger partial charge in [-0.25, -0.2) is 4.98 Å². The van der Waals surface area contributed by atoms with Crippen molar-refractivity contribution >= 4 is 17.2 Å². The van der Waals surface area contributed by atoms with Gasteiger partial charge in [-0.3, -0.25) is 4.79 Å². The first-order chi connectivity index (χ1) is 8.29. The Morgan fingerprint density at radius 2 is 1.88 bits per heavy atom. The summed E-state index contributed by atoms with van der Waals surface area (Å²) >= 11 is 0. The zero-order valence-corrected chi connectivity index (χ0v) is 8.83. The fourth-order valence-electron chi connectivity index (χ4n) is 1.30. The standard InChI is InChI=1S/C12H9N3O2/c16-11-7-5-9(15-17)4-6-10(11)14-12-3-1-2-8-13-12/h1-8H,(H,13,14,16). The van der Waals surface area contributed by atoms with Crippen LogP contribution in [0.3, 0.4) is 0 Å². The summed E-state index contributed by atoms with van der Waals surface area (Å²) in [5.74, 6) is 0.566. The highest BCUT2D eigenvalue weighted by Gasteiger charge is 1.99. The summed E-state index contributed by atoms with van der Waals surface area (Å²) in [6.07, 6.45) is 1.62. The van der Waals surface area contributed by atoms with Crippen molar-refractivity contribution in [2.45, 2.75) is 0 Å². The SMILES string of the molecule is O=Nc1ccc(Nc2ccccn2)c(=O)cc1. The van der Waals surface area contributed by atoms with Crippen molar-refractivity contribution in [2.75, 3.05) is 5.32 Å². The third-order valence-electron chi connectivity index (χ3n) is 2.12. The molecule has 1 aromatic heterocycles. The molecule has 17 heavy (non-hydrogen) atoms. The molecule has 2 rings (SSSR count). The summed E-state index contributed by atoms with van der Waals surface area (Å²) in [6.45, 7) is 0. The van der Waals surface area contributed by atoms with Gasteiger partial charge in [0.15, 0.2) is 0 Å². The molecule has 0 saturated carbocycles. The van der Waals surface area contributed by atoms with Crippen LogP contribution in [0.25, 0.3) is 0 Å². The Balaban J connectivity index is 2.37. The van der Waals surface area contributed by atoms with Gasteiger partial charge in [0.25, 0.3) is 0 Å². The van der Waals surface area contributed by atoms with Crippen LogP contribution in [-0.2, 0) is 0 Å². The molecule has 0 atom stereocenters. The highest BCUT2D eigenvalue weighted by Crippen LogP contribution is 2.12.